The first-order chi connectivity index (χ1) is 12.0. The van der Waals surface area contributed by atoms with Crippen molar-refractivity contribution in [1.29, 1.82) is 0 Å². The molecule has 0 aliphatic heterocycles. The number of hydrogen-bond donors (Lipinski definition) is 2. The van der Waals surface area contributed by atoms with Gasteiger partial charge in [-0.15, -0.1) is 0 Å². The van der Waals surface area contributed by atoms with Gasteiger partial charge in [-0.25, -0.2) is 0 Å². The molecule has 0 heterocycles. The third kappa shape index (κ3) is 3.94. The maximum Gasteiger partial charge on any atom is 0.228 e. The molecule has 130 valence electrons. The molecule has 2 unspecified atom stereocenters. The summed E-state index contributed by atoms with van der Waals surface area (Å²) in [6.07, 6.45) is 0.534. The first-order valence-corrected chi connectivity index (χ1v) is 8.38. The van der Waals surface area contributed by atoms with Crippen LogP contribution in [0.15, 0.2) is 42.5 Å². The molecule has 2 N–H and O–H groups in total. The largest absolute Gasteiger partial charge is 0.495 e. The summed E-state index contributed by atoms with van der Waals surface area (Å²) in [7, 11) is 1.55. The maximum absolute atomic E-state index is 12.3. The minimum Gasteiger partial charge on any atom is -0.495 e. The topological polar surface area (TPSA) is 67.4 Å². The van der Waals surface area contributed by atoms with Gasteiger partial charge in [0.1, 0.15) is 5.75 Å². The zero-order chi connectivity index (χ0) is 18.0. The highest BCUT2D eigenvalue weighted by atomic mass is 35.5. The van der Waals surface area contributed by atoms with Crippen LogP contribution in [0.5, 0.6) is 5.75 Å². The van der Waals surface area contributed by atoms with E-state index in [2.05, 4.69) is 10.6 Å². The van der Waals surface area contributed by atoms with Crippen molar-refractivity contribution in [3.05, 3.63) is 53.1 Å². The number of ether oxygens (including phenoxy) is 1. The molecule has 0 aromatic heterocycles. The molecule has 5 nitrogen and oxygen atoms in total. The van der Waals surface area contributed by atoms with Crippen LogP contribution < -0.4 is 15.4 Å². The first kappa shape index (κ1) is 17.3. The van der Waals surface area contributed by atoms with E-state index in [9.17, 15) is 9.59 Å². The predicted molar refractivity (Wildman–Crippen MR) is 98.0 cm³/mol. The monoisotopic (exact) mass is 358 g/mol. The van der Waals surface area contributed by atoms with Crippen molar-refractivity contribution >= 4 is 34.8 Å². The van der Waals surface area contributed by atoms with E-state index in [4.69, 9.17) is 16.3 Å². The van der Waals surface area contributed by atoms with Crippen molar-refractivity contribution < 1.29 is 14.3 Å². The number of methoxy groups -OCH3 is 1. The van der Waals surface area contributed by atoms with Crippen LogP contribution >= 0.6 is 11.6 Å². The van der Waals surface area contributed by atoms with Crippen LogP contribution in [0.25, 0.3) is 0 Å². The highest BCUT2D eigenvalue weighted by Gasteiger charge is 2.48. The third-order valence-corrected chi connectivity index (χ3v) is 4.68. The molecule has 6 heteroatoms. The number of halogens is 1. The molecule has 1 fully saturated rings. The summed E-state index contributed by atoms with van der Waals surface area (Å²) in [6.45, 7) is 1.90. The fourth-order valence-electron chi connectivity index (χ4n) is 2.65. The summed E-state index contributed by atoms with van der Waals surface area (Å²) in [5.74, 6) is -0.404. The van der Waals surface area contributed by atoms with Gasteiger partial charge in [-0.05, 0) is 43.2 Å². The summed E-state index contributed by atoms with van der Waals surface area (Å²) >= 11 is 6.06. The van der Waals surface area contributed by atoms with Crippen LogP contribution in [0.4, 0.5) is 11.4 Å². The van der Waals surface area contributed by atoms with Gasteiger partial charge in [-0.1, -0.05) is 29.8 Å². The Labute approximate surface area is 151 Å². The fourth-order valence-corrected chi connectivity index (χ4v) is 2.83. The number of amides is 2. The van der Waals surface area contributed by atoms with E-state index in [0.717, 1.165) is 5.56 Å². The molecule has 2 amide bonds. The predicted octanol–water partition coefficient (Wildman–Crippen LogP) is 3.87. The maximum atomic E-state index is 12.3. The number of carbonyl (C=O) groups excluding carboxylic acids is 2. The Hall–Kier alpha value is -2.53. The quantitative estimate of drug-likeness (QED) is 0.852. The highest BCUT2D eigenvalue weighted by molar-refractivity contribution is 6.31. The van der Waals surface area contributed by atoms with Gasteiger partial charge in [0.2, 0.25) is 11.8 Å². The lowest BCUT2D eigenvalue weighted by Crippen LogP contribution is -2.20. The number of carbonyl (C=O) groups is 2. The van der Waals surface area contributed by atoms with Gasteiger partial charge in [0.15, 0.2) is 0 Å². The van der Waals surface area contributed by atoms with Crippen LogP contribution in [-0.2, 0) is 9.59 Å². The fraction of sp³-hybridized carbons (Fsp3) is 0.263. The normalized spacial score (nSPS) is 18.4. The van der Waals surface area contributed by atoms with Crippen molar-refractivity contribution in [3.8, 4) is 5.75 Å². The molecule has 1 aliphatic carbocycles. The third-order valence-electron chi connectivity index (χ3n) is 4.27. The summed E-state index contributed by atoms with van der Waals surface area (Å²) in [5, 5.41) is 6.24. The number of rotatable bonds is 5. The number of hydrogen-bond acceptors (Lipinski definition) is 3. The van der Waals surface area contributed by atoms with Crippen molar-refractivity contribution in [2.75, 3.05) is 17.7 Å². The Balaban J connectivity index is 1.58. The van der Waals surface area contributed by atoms with E-state index in [-0.39, 0.29) is 23.7 Å². The Morgan fingerprint density at radius 2 is 1.76 bits per heavy atom. The first-order valence-electron chi connectivity index (χ1n) is 8.00. The van der Waals surface area contributed by atoms with Crippen LogP contribution in [0.1, 0.15) is 12.0 Å². The van der Waals surface area contributed by atoms with Crippen molar-refractivity contribution in [2.24, 2.45) is 11.8 Å². The molecule has 2 atom stereocenters. The van der Waals surface area contributed by atoms with Crippen LogP contribution in [0.2, 0.25) is 5.02 Å². The van der Waals surface area contributed by atoms with E-state index in [0.29, 0.717) is 28.6 Å². The molecular formula is C19H19ClN2O3. The highest BCUT2D eigenvalue weighted by Crippen LogP contribution is 2.41. The molecule has 2 aromatic carbocycles. The van der Waals surface area contributed by atoms with Gasteiger partial charge < -0.3 is 15.4 Å². The van der Waals surface area contributed by atoms with Crippen molar-refractivity contribution in [1.82, 2.24) is 0 Å². The number of para-hydroxylation sites is 2. The van der Waals surface area contributed by atoms with Gasteiger partial charge in [0, 0.05) is 10.7 Å². The molecule has 2 aromatic rings. The zero-order valence-corrected chi connectivity index (χ0v) is 14.8. The second-order valence-corrected chi connectivity index (χ2v) is 6.50. The van der Waals surface area contributed by atoms with Gasteiger partial charge in [0.05, 0.1) is 24.6 Å². The molecule has 3 rings (SSSR count). The molecule has 25 heavy (non-hydrogen) atoms. The smallest absolute Gasteiger partial charge is 0.228 e. The number of nitrogens with one attached hydrogen (secondary N) is 2. The zero-order valence-electron chi connectivity index (χ0n) is 14.0. The Morgan fingerprint density at radius 3 is 2.44 bits per heavy atom. The van der Waals surface area contributed by atoms with E-state index in [1.54, 1.807) is 31.4 Å². The van der Waals surface area contributed by atoms with Gasteiger partial charge in [-0.2, -0.15) is 0 Å². The lowest BCUT2D eigenvalue weighted by Gasteiger charge is -2.10. The Kier molecular flexibility index (Phi) is 4.95. The minimum atomic E-state index is -0.328. The van der Waals surface area contributed by atoms with Crippen LogP contribution in [-0.4, -0.2) is 18.9 Å². The van der Waals surface area contributed by atoms with Gasteiger partial charge in [0.25, 0.3) is 0 Å². The molecule has 0 radical (unpaired) electrons. The van der Waals surface area contributed by atoms with E-state index < -0.39 is 0 Å². The molecule has 1 aliphatic rings. The lowest BCUT2D eigenvalue weighted by molar-refractivity contribution is -0.122. The number of benzene rings is 2. The average molecular weight is 359 g/mol. The second-order valence-electron chi connectivity index (χ2n) is 6.09. The van der Waals surface area contributed by atoms with Crippen molar-refractivity contribution in [2.45, 2.75) is 13.3 Å². The van der Waals surface area contributed by atoms with Crippen LogP contribution in [0.3, 0.4) is 0 Å². The van der Waals surface area contributed by atoms with Crippen molar-refractivity contribution in [3.63, 3.8) is 0 Å². The summed E-state index contributed by atoms with van der Waals surface area (Å²) < 4.78 is 5.21. The minimum absolute atomic E-state index is 0.167. The van der Waals surface area contributed by atoms with Crippen LogP contribution in [0, 0.1) is 18.8 Å². The molecule has 0 spiro atoms. The molecule has 0 bridgehead atoms. The van der Waals surface area contributed by atoms with E-state index in [1.165, 1.54) is 0 Å². The molecule has 1 saturated carbocycles. The summed E-state index contributed by atoms with van der Waals surface area (Å²) in [5.41, 5.74) is 2.18. The standard InChI is InChI=1S/C19H19ClN2O3/c1-11-7-8-12(9-15(11)20)21-18(23)13-10-14(13)19(24)22-16-5-3-4-6-17(16)25-2/h3-9,13-14H,10H2,1-2H3,(H,21,23)(H,22,24). The number of anilines is 2. The molecular weight excluding hydrogens is 340 g/mol. The Bertz CT molecular complexity index is 822. The summed E-state index contributed by atoms with van der Waals surface area (Å²) in [4.78, 5) is 24.6. The number of aryl methyl sites for hydroxylation is 1. The average Bonchev–Trinajstić information content (AvgIpc) is 3.39. The van der Waals surface area contributed by atoms with E-state index in [1.807, 2.05) is 25.1 Å². The lowest BCUT2D eigenvalue weighted by atomic mass is 10.2. The molecule has 0 saturated heterocycles. The Morgan fingerprint density at radius 1 is 1.08 bits per heavy atom. The SMILES string of the molecule is COc1ccccc1NC(=O)C1CC1C(=O)Nc1ccc(C)c(Cl)c1. The van der Waals surface area contributed by atoms with E-state index >= 15 is 0 Å². The van der Waals surface area contributed by atoms with Gasteiger partial charge in [-0.3, -0.25) is 9.59 Å². The summed E-state index contributed by atoms with van der Waals surface area (Å²) in [6, 6.07) is 12.5. The second kappa shape index (κ2) is 7.15. The van der Waals surface area contributed by atoms with Gasteiger partial charge >= 0.3 is 0 Å².